The van der Waals surface area contributed by atoms with Crippen LogP contribution in [0.2, 0.25) is 5.02 Å². The number of unbranched alkanes of at least 4 members (excludes halogenated alkanes) is 2. The van der Waals surface area contributed by atoms with Gasteiger partial charge in [-0.05, 0) is 48.8 Å². The second-order valence-electron chi connectivity index (χ2n) is 11.6. The summed E-state index contributed by atoms with van der Waals surface area (Å²) in [7, 11) is 0. The molecule has 0 fully saturated rings. The van der Waals surface area contributed by atoms with Crippen molar-refractivity contribution in [1.82, 2.24) is 0 Å². The zero-order valence-corrected chi connectivity index (χ0v) is 28.8. The maximum absolute atomic E-state index is 9.74. The number of allylic oxidation sites excluding steroid dienone is 1. The van der Waals surface area contributed by atoms with Gasteiger partial charge in [0.15, 0.2) is 5.00 Å². The Morgan fingerprint density at radius 3 is 2.09 bits per heavy atom. The number of thiophene rings is 1. The molecule has 0 saturated heterocycles. The minimum absolute atomic E-state index is 0.106. The lowest BCUT2D eigenvalue weighted by atomic mass is 9.95. The number of azo groups is 1. The van der Waals surface area contributed by atoms with Crippen molar-refractivity contribution in [3.8, 4) is 24.0 Å². The first kappa shape index (κ1) is 36.8. The summed E-state index contributed by atoms with van der Waals surface area (Å²) in [5, 5.41) is 37.4. The van der Waals surface area contributed by atoms with Gasteiger partial charge in [0.05, 0.1) is 16.5 Å². The third kappa shape index (κ3) is 11.3. The number of benzene rings is 1. The third-order valence-corrected chi connectivity index (χ3v) is 9.18. The average molecular weight is 635 g/mol. The van der Waals surface area contributed by atoms with E-state index in [0.29, 0.717) is 45.7 Å². The van der Waals surface area contributed by atoms with Gasteiger partial charge in [-0.15, -0.1) is 21.6 Å². The second-order valence-corrected chi connectivity index (χ2v) is 13.1. The van der Waals surface area contributed by atoms with E-state index in [0.717, 1.165) is 43.0 Å². The van der Waals surface area contributed by atoms with Crippen molar-refractivity contribution in [2.75, 3.05) is 24.6 Å². The Hall–Kier alpha value is -3.38. The Morgan fingerprint density at radius 2 is 1.59 bits per heavy atom. The molecule has 0 amide bonds. The predicted octanol–water partition coefficient (Wildman–Crippen LogP) is 11.4. The number of nitrogens with zero attached hydrogens (tertiary/aromatic N) is 6. The minimum atomic E-state index is -0.106. The molecular weight excluding hydrogens is 588 g/mol. The highest BCUT2D eigenvalue weighted by Gasteiger charge is 2.20. The van der Waals surface area contributed by atoms with Crippen molar-refractivity contribution in [3.05, 3.63) is 39.2 Å². The first-order valence-corrected chi connectivity index (χ1v) is 17.1. The third-order valence-electron chi connectivity index (χ3n) is 7.66. The largest absolute Gasteiger partial charge is 0.491 e. The van der Waals surface area contributed by atoms with Gasteiger partial charge in [0.2, 0.25) is 0 Å². The number of anilines is 1. The van der Waals surface area contributed by atoms with Crippen molar-refractivity contribution >= 4 is 45.4 Å². The molecule has 0 bridgehead atoms. The molecular formula is C35H47ClN6OS. The molecule has 0 saturated carbocycles. The monoisotopic (exact) mass is 634 g/mol. The van der Waals surface area contributed by atoms with Gasteiger partial charge in [-0.2, -0.15) is 15.8 Å². The fraction of sp³-hybridized carbons (Fsp3) is 0.571. The van der Waals surface area contributed by atoms with Gasteiger partial charge in [-0.3, -0.25) is 0 Å². The lowest BCUT2D eigenvalue weighted by molar-refractivity contribution is 0.272. The average Bonchev–Trinajstić information content (AvgIpc) is 3.33. The summed E-state index contributed by atoms with van der Waals surface area (Å²) in [4.78, 5) is 2.96. The Kier molecular flexibility index (Phi) is 16.6. The molecule has 2 rings (SSSR count). The molecule has 0 N–H and O–H groups in total. The molecule has 0 aliphatic carbocycles. The molecule has 0 aliphatic rings. The van der Waals surface area contributed by atoms with Gasteiger partial charge in [0.1, 0.15) is 40.8 Å². The number of ether oxygens (including phenoxy) is 1. The molecule has 0 radical (unpaired) electrons. The molecule has 0 aliphatic heterocycles. The lowest BCUT2D eigenvalue weighted by Gasteiger charge is -2.33. The fourth-order valence-electron chi connectivity index (χ4n) is 4.89. The first-order chi connectivity index (χ1) is 21.2. The lowest BCUT2D eigenvalue weighted by Crippen LogP contribution is -2.34. The maximum Gasteiger partial charge on any atom is 0.158 e. The van der Waals surface area contributed by atoms with Gasteiger partial charge in [-0.1, -0.05) is 91.7 Å². The molecule has 2 aromatic rings. The van der Waals surface area contributed by atoms with Crippen molar-refractivity contribution in [2.45, 2.75) is 92.9 Å². The normalized spacial score (nSPS) is 12.4. The Morgan fingerprint density at radius 1 is 0.977 bits per heavy atom. The molecule has 236 valence electrons. The number of hydrogen-bond donors (Lipinski definition) is 0. The molecule has 1 aromatic heterocycles. The Labute approximate surface area is 273 Å². The van der Waals surface area contributed by atoms with Crippen LogP contribution in [0.1, 0.15) is 103 Å². The van der Waals surface area contributed by atoms with Crippen molar-refractivity contribution in [2.24, 2.45) is 28.0 Å². The molecule has 2 atom stereocenters. The number of nitriles is 3. The van der Waals surface area contributed by atoms with Crippen LogP contribution in [0.3, 0.4) is 0 Å². The Balaban J connectivity index is 2.54. The summed E-state index contributed by atoms with van der Waals surface area (Å²) < 4.78 is 6.29. The molecule has 9 heteroatoms. The van der Waals surface area contributed by atoms with Crippen LogP contribution >= 0.6 is 22.9 Å². The summed E-state index contributed by atoms with van der Waals surface area (Å²) in [6.07, 6.45) is 11.0. The van der Waals surface area contributed by atoms with Crippen molar-refractivity contribution < 1.29 is 4.74 Å². The second kappa shape index (κ2) is 19.8. The summed E-state index contributed by atoms with van der Waals surface area (Å²) in [6.45, 7) is 15.9. The topological polar surface area (TPSA) is 109 Å². The zero-order valence-electron chi connectivity index (χ0n) is 27.2. The molecule has 44 heavy (non-hydrogen) atoms. The van der Waals surface area contributed by atoms with Crippen LogP contribution in [0.5, 0.6) is 5.75 Å². The van der Waals surface area contributed by atoms with Crippen LogP contribution in [-0.2, 0) is 0 Å². The highest BCUT2D eigenvalue weighted by molar-refractivity contribution is 7.17. The molecule has 0 spiro atoms. The summed E-state index contributed by atoms with van der Waals surface area (Å²) in [5.74, 6) is 2.21. The smallest absolute Gasteiger partial charge is 0.158 e. The van der Waals surface area contributed by atoms with E-state index in [1.54, 1.807) is 0 Å². The highest BCUT2D eigenvalue weighted by Crippen LogP contribution is 2.42. The number of rotatable bonds is 19. The summed E-state index contributed by atoms with van der Waals surface area (Å²) >= 11 is 7.51. The minimum Gasteiger partial charge on any atom is -0.491 e. The van der Waals surface area contributed by atoms with E-state index < -0.39 is 0 Å². The quantitative estimate of drug-likeness (QED) is 0.113. The maximum atomic E-state index is 9.74. The molecule has 2 unspecified atom stereocenters. The van der Waals surface area contributed by atoms with Crippen LogP contribution in [0.25, 0.3) is 6.08 Å². The van der Waals surface area contributed by atoms with Crippen molar-refractivity contribution in [1.29, 1.82) is 15.8 Å². The Bertz CT molecular complexity index is 1340. The van der Waals surface area contributed by atoms with Crippen LogP contribution in [0.15, 0.2) is 34.0 Å². The predicted molar refractivity (Wildman–Crippen MR) is 183 cm³/mol. The van der Waals surface area contributed by atoms with Crippen LogP contribution in [0.4, 0.5) is 16.4 Å². The SMILES string of the molecule is CCCCC(CC)CN(CC(CC)CCCC)c1ccc(N=Nc2sc(C=C(C#N)C#N)c(Cl)c2C#N)c(OCC(C)C)c1. The van der Waals surface area contributed by atoms with Gasteiger partial charge >= 0.3 is 0 Å². The number of halogens is 1. The molecule has 1 heterocycles. The van der Waals surface area contributed by atoms with Gasteiger partial charge < -0.3 is 9.64 Å². The van der Waals surface area contributed by atoms with E-state index in [1.165, 1.54) is 44.6 Å². The van der Waals surface area contributed by atoms with Crippen LogP contribution < -0.4 is 9.64 Å². The van der Waals surface area contributed by atoms with Gasteiger partial charge in [-0.25, -0.2) is 0 Å². The van der Waals surface area contributed by atoms with Crippen LogP contribution in [0, 0.1) is 51.7 Å². The van der Waals surface area contributed by atoms with E-state index in [4.69, 9.17) is 26.9 Å². The molecule has 7 nitrogen and oxygen atoms in total. The standard InChI is InChI=1S/C35H47ClN6OS/c1-7-11-13-26(9-3)22-42(23-27(10-4)14-12-8-2)29-15-16-31(32(18-29)43-24-25(5)6)40-41-35-30(21-39)34(36)33(44-35)17-28(19-37)20-38/h15-18,25-27H,7-14,22-24H2,1-6H3. The van der Waals surface area contributed by atoms with Crippen molar-refractivity contribution in [3.63, 3.8) is 0 Å². The summed E-state index contributed by atoms with van der Waals surface area (Å²) in [5.41, 5.74) is 1.73. The first-order valence-electron chi connectivity index (χ1n) is 15.9. The van der Waals surface area contributed by atoms with E-state index >= 15 is 0 Å². The van der Waals surface area contributed by atoms with Crippen LogP contribution in [-0.4, -0.2) is 19.7 Å². The number of hydrogen-bond acceptors (Lipinski definition) is 8. The van der Waals surface area contributed by atoms with Gasteiger partial charge in [0, 0.05) is 24.8 Å². The molecule has 1 aromatic carbocycles. The zero-order chi connectivity index (χ0) is 32.5. The summed E-state index contributed by atoms with van der Waals surface area (Å²) in [6, 6.07) is 11.8. The fourth-order valence-corrected chi connectivity index (χ4v) is 6.16. The van der Waals surface area contributed by atoms with Gasteiger partial charge in [0.25, 0.3) is 0 Å². The highest BCUT2D eigenvalue weighted by atomic mass is 35.5. The van der Waals surface area contributed by atoms with E-state index in [9.17, 15) is 5.26 Å². The van der Waals surface area contributed by atoms with E-state index in [1.807, 2.05) is 18.2 Å². The van der Waals surface area contributed by atoms with E-state index in [2.05, 4.69) is 74.9 Å². The van der Waals surface area contributed by atoms with E-state index in [-0.39, 0.29) is 16.2 Å².